The average Bonchev–Trinajstić information content (AvgIpc) is 2.91. The van der Waals surface area contributed by atoms with Crippen molar-refractivity contribution in [3.63, 3.8) is 0 Å². The molecule has 1 aromatic heterocycles. The van der Waals surface area contributed by atoms with Crippen molar-refractivity contribution >= 4 is 46.4 Å². The molecule has 1 aliphatic rings. The number of aliphatic carboxylic acids is 4. The highest BCUT2D eigenvalue weighted by molar-refractivity contribution is 6.27. The summed E-state index contributed by atoms with van der Waals surface area (Å²) in [5.74, 6) is -7.26. The number of anilines is 1. The Morgan fingerprint density at radius 1 is 0.750 bits per heavy atom. The Kier molecular flexibility index (Phi) is 12.2. The van der Waals surface area contributed by atoms with Crippen molar-refractivity contribution in [3.05, 3.63) is 71.9 Å². The van der Waals surface area contributed by atoms with Gasteiger partial charge in [-0.25, -0.2) is 19.2 Å². The number of hydrogen-bond donors (Lipinski definition) is 5. The SMILES string of the molecule is Cc1cc(NC(=O)CN2CCN(Cc3ccccc3)CC2)c2ccccc2n1.O=C(O)C(=O)O.O=C(O)C(=O)O. The molecule has 2 aromatic carbocycles. The van der Waals surface area contributed by atoms with Crippen LogP contribution in [0, 0.1) is 6.92 Å². The smallest absolute Gasteiger partial charge is 0.414 e. The maximum Gasteiger partial charge on any atom is 0.414 e. The molecule has 1 fully saturated rings. The van der Waals surface area contributed by atoms with Crippen molar-refractivity contribution in [3.8, 4) is 0 Å². The Balaban J connectivity index is 0.000000393. The molecule has 13 heteroatoms. The molecule has 0 aliphatic carbocycles. The van der Waals surface area contributed by atoms with Crippen molar-refractivity contribution in [2.45, 2.75) is 13.5 Å². The predicted molar refractivity (Wildman–Crippen MR) is 144 cm³/mol. The van der Waals surface area contributed by atoms with Gasteiger partial charge in [0.25, 0.3) is 0 Å². The zero-order chi connectivity index (χ0) is 29.7. The second-order valence-electron chi connectivity index (χ2n) is 8.64. The van der Waals surface area contributed by atoms with Crippen LogP contribution in [-0.2, 0) is 30.5 Å². The maximum atomic E-state index is 12.6. The Hall–Kier alpha value is -4.88. The number of hydrogen-bond acceptors (Lipinski definition) is 8. The van der Waals surface area contributed by atoms with Crippen LogP contribution in [0.4, 0.5) is 5.69 Å². The number of pyridine rings is 1. The first kappa shape index (κ1) is 31.3. The molecular formula is C27H30N4O9. The van der Waals surface area contributed by atoms with E-state index < -0.39 is 23.9 Å². The first-order valence-corrected chi connectivity index (χ1v) is 12.0. The number of rotatable bonds is 5. The number of carbonyl (C=O) groups excluding carboxylic acids is 1. The third kappa shape index (κ3) is 10.8. The first-order valence-electron chi connectivity index (χ1n) is 12.0. The zero-order valence-electron chi connectivity index (χ0n) is 21.7. The number of benzene rings is 2. The number of carbonyl (C=O) groups is 5. The van der Waals surface area contributed by atoms with E-state index in [1.54, 1.807) is 0 Å². The van der Waals surface area contributed by atoms with E-state index in [9.17, 15) is 4.79 Å². The molecule has 13 nitrogen and oxygen atoms in total. The van der Waals surface area contributed by atoms with Gasteiger partial charge in [-0.2, -0.15) is 0 Å². The molecule has 1 aliphatic heterocycles. The molecule has 0 bridgehead atoms. The Bertz CT molecular complexity index is 1290. The fourth-order valence-corrected chi connectivity index (χ4v) is 3.75. The van der Waals surface area contributed by atoms with Gasteiger partial charge in [-0.1, -0.05) is 48.5 Å². The summed E-state index contributed by atoms with van der Waals surface area (Å²) in [4.78, 5) is 58.2. The van der Waals surface area contributed by atoms with Crippen LogP contribution in [0.5, 0.6) is 0 Å². The summed E-state index contributed by atoms with van der Waals surface area (Å²) in [5.41, 5.74) is 4.00. The van der Waals surface area contributed by atoms with Gasteiger partial charge in [-0.05, 0) is 24.6 Å². The monoisotopic (exact) mass is 554 g/mol. The minimum atomic E-state index is -1.82. The lowest BCUT2D eigenvalue weighted by Crippen LogP contribution is -2.48. The maximum absolute atomic E-state index is 12.6. The highest BCUT2D eigenvalue weighted by atomic mass is 16.4. The highest BCUT2D eigenvalue weighted by Crippen LogP contribution is 2.23. The van der Waals surface area contributed by atoms with Gasteiger partial charge in [0.05, 0.1) is 17.7 Å². The highest BCUT2D eigenvalue weighted by Gasteiger charge is 2.19. The molecule has 5 N–H and O–H groups in total. The van der Waals surface area contributed by atoms with E-state index in [0.29, 0.717) is 6.54 Å². The summed E-state index contributed by atoms with van der Waals surface area (Å²) in [6.45, 7) is 7.15. The quantitative estimate of drug-likeness (QED) is 0.286. The van der Waals surface area contributed by atoms with Crippen molar-refractivity contribution in [2.24, 2.45) is 0 Å². The molecule has 0 atom stereocenters. The minimum Gasteiger partial charge on any atom is -0.473 e. The normalized spacial score (nSPS) is 13.1. The molecule has 4 rings (SSSR count). The third-order valence-electron chi connectivity index (χ3n) is 5.57. The van der Waals surface area contributed by atoms with Crippen LogP contribution in [0.2, 0.25) is 0 Å². The Labute approximate surface area is 229 Å². The summed E-state index contributed by atoms with van der Waals surface area (Å²) in [5, 5.41) is 33.6. The Morgan fingerprint density at radius 3 is 1.80 bits per heavy atom. The van der Waals surface area contributed by atoms with Gasteiger partial charge in [0.2, 0.25) is 5.91 Å². The largest absolute Gasteiger partial charge is 0.473 e. The minimum absolute atomic E-state index is 0.0345. The lowest BCUT2D eigenvalue weighted by molar-refractivity contribution is -0.159. The van der Waals surface area contributed by atoms with Crippen LogP contribution < -0.4 is 5.32 Å². The van der Waals surface area contributed by atoms with Crippen molar-refractivity contribution in [2.75, 3.05) is 38.0 Å². The number of fused-ring (bicyclic) bond motifs is 1. The number of aryl methyl sites for hydroxylation is 1. The van der Waals surface area contributed by atoms with Crippen LogP contribution in [-0.4, -0.2) is 97.7 Å². The third-order valence-corrected chi connectivity index (χ3v) is 5.57. The summed E-state index contributed by atoms with van der Waals surface area (Å²) < 4.78 is 0. The summed E-state index contributed by atoms with van der Waals surface area (Å²) >= 11 is 0. The van der Waals surface area contributed by atoms with E-state index in [-0.39, 0.29) is 5.91 Å². The first-order chi connectivity index (χ1) is 19.0. The number of carboxylic acid groups (broad SMARTS) is 4. The van der Waals surface area contributed by atoms with Gasteiger partial charge < -0.3 is 25.7 Å². The summed E-state index contributed by atoms with van der Waals surface area (Å²) in [7, 11) is 0. The van der Waals surface area contributed by atoms with Gasteiger partial charge in [-0.15, -0.1) is 0 Å². The molecule has 0 spiro atoms. The fraction of sp³-hybridized carbons (Fsp3) is 0.259. The molecule has 212 valence electrons. The number of nitrogens with one attached hydrogen (secondary N) is 1. The van der Waals surface area contributed by atoms with Crippen molar-refractivity contribution in [1.82, 2.24) is 14.8 Å². The van der Waals surface area contributed by atoms with Crippen LogP contribution in [0.3, 0.4) is 0 Å². The van der Waals surface area contributed by atoms with Crippen molar-refractivity contribution < 1.29 is 44.4 Å². The molecule has 40 heavy (non-hydrogen) atoms. The number of para-hydroxylation sites is 1. The van der Waals surface area contributed by atoms with Gasteiger partial charge in [0.1, 0.15) is 0 Å². The van der Waals surface area contributed by atoms with Gasteiger partial charge in [0.15, 0.2) is 0 Å². The van der Waals surface area contributed by atoms with Crippen LogP contribution in [0.1, 0.15) is 11.3 Å². The predicted octanol–water partition coefficient (Wildman–Crippen LogP) is 1.61. The topological polar surface area (TPSA) is 198 Å². The number of nitrogens with zero attached hydrogens (tertiary/aromatic N) is 3. The van der Waals surface area contributed by atoms with E-state index in [1.807, 2.05) is 43.3 Å². The average molecular weight is 555 g/mol. The second-order valence-corrected chi connectivity index (χ2v) is 8.64. The molecular weight excluding hydrogens is 524 g/mol. The fourth-order valence-electron chi connectivity index (χ4n) is 3.75. The van der Waals surface area contributed by atoms with Crippen molar-refractivity contribution in [1.29, 1.82) is 0 Å². The van der Waals surface area contributed by atoms with Crippen LogP contribution >= 0.6 is 0 Å². The number of aromatic nitrogens is 1. The van der Waals surface area contributed by atoms with E-state index in [0.717, 1.165) is 55.0 Å². The number of piperazine rings is 1. The summed E-state index contributed by atoms with van der Waals surface area (Å²) in [6, 6.07) is 20.4. The molecule has 0 unspecified atom stereocenters. The van der Waals surface area contributed by atoms with E-state index in [4.69, 9.17) is 39.6 Å². The van der Waals surface area contributed by atoms with Gasteiger partial charge in [-0.3, -0.25) is 19.6 Å². The number of amides is 1. The second kappa shape index (κ2) is 15.5. The van der Waals surface area contributed by atoms with E-state index in [1.165, 1.54) is 5.56 Å². The molecule has 0 radical (unpaired) electrons. The zero-order valence-corrected chi connectivity index (χ0v) is 21.7. The molecule has 0 saturated carbocycles. The summed E-state index contributed by atoms with van der Waals surface area (Å²) in [6.07, 6.45) is 0. The Morgan fingerprint density at radius 2 is 1.25 bits per heavy atom. The molecule has 1 amide bonds. The lowest BCUT2D eigenvalue weighted by Gasteiger charge is -2.34. The standard InChI is InChI=1S/C23H26N4O.2C2H2O4/c1-18-15-22(20-9-5-6-10-21(20)24-18)25-23(28)17-27-13-11-26(12-14-27)16-19-7-3-2-4-8-19;2*3-1(4)2(5)6/h2-10,15H,11-14,16-17H2,1H3,(H,24,25,28);2*(H,3,4)(H,5,6). The molecule has 1 saturated heterocycles. The molecule has 3 aromatic rings. The van der Waals surface area contributed by atoms with Gasteiger partial charge in [0, 0.05) is 43.8 Å². The van der Waals surface area contributed by atoms with Gasteiger partial charge >= 0.3 is 23.9 Å². The van der Waals surface area contributed by atoms with Crippen LogP contribution in [0.25, 0.3) is 10.9 Å². The lowest BCUT2D eigenvalue weighted by atomic mass is 10.1. The van der Waals surface area contributed by atoms with E-state index >= 15 is 0 Å². The molecule has 2 heterocycles. The number of carboxylic acids is 4. The van der Waals surface area contributed by atoms with E-state index in [2.05, 4.69) is 44.4 Å². The van der Waals surface area contributed by atoms with Crippen LogP contribution in [0.15, 0.2) is 60.7 Å².